The van der Waals surface area contributed by atoms with Crippen LogP contribution in [-0.2, 0) is 0 Å². The lowest BCUT2D eigenvalue weighted by Crippen LogP contribution is -2.47. The molecule has 2 unspecified atom stereocenters. The van der Waals surface area contributed by atoms with Crippen molar-refractivity contribution in [1.82, 2.24) is 10.2 Å². The summed E-state index contributed by atoms with van der Waals surface area (Å²) in [5, 5.41) is 3.92. The number of para-hydroxylation sites is 1. The lowest BCUT2D eigenvalue weighted by atomic mass is 9.90. The molecule has 1 aromatic rings. The highest BCUT2D eigenvalue weighted by Crippen LogP contribution is 2.35. The molecule has 21 heavy (non-hydrogen) atoms. The molecule has 0 amide bonds. The monoisotopic (exact) mass is 288 g/mol. The van der Waals surface area contributed by atoms with E-state index in [-0.39, 0.29) is 0 Å². The van der Waals surface area contributed by atoms with E-state index < -0.39 is 0 Å². The van der Waals surface area contributed by atoms with Crippen molar-refractivity contribution in [3.63, 3.8) is 0 Å². The predicted molar refractivity (Wildman–Crippen MR) is 86.7 cm³/mol. The molecule has 2 aliphatic heterocycles. The fourth-order valence-corrected chi connectivity index (χ4v) is 3.58. The van der Waals surface area contributed by atoms with Crippen LogP contribution < -0.4 is 10.1 Å². The number of hydrogen-bond acceptors (Lipinski definition) is 3. The van der Waals surface area contributed by atoms with E-state index >= 15 is 0 Å². The molecule has 1 N–H and O–H groups in total. The average Bonchev–Trinajstić information content (AvgIpc) is 2.51. The number of nitrogens with zero attached hydrogens (tertiary/aromatic N) is 1. The fraction of sp³-hybridized carbons (Fsp3) is 0.667. The third-order valence-electron chi connectivity index (χ3n) is 5.00. The number of nitrogens with one attached hydrogen (secondary N) is 1. The topological polar surface area (TPSA) is 24.5 Å². The Morgan fingerprint density at radius 3 is 2.62 bits per heavy atom. The number of benzene rings is 1. The second kappa shape index (κ2) is 6.37. The quantitative estimate of drug-likeness (QED) is 0.924. The molecule has 0 aliphatic carbocycles. The first kappa shape index (κ1) is 14.9. The van der Waals surface area contributed by atoms with Crippen LogP contribution in [0.2, 0.25) is 0 Å². The highest BCUT2D eigenvalue weighted by molar-refractivity contribution is 5.38. The van der Waals surface area contributed by atoms with E-state index in [4.69, 9.17) is 4.74 Å². The number of likely N-dealkylation sites (tertiary alicyclic amines) is 1. The lowest BCUT2D eigenvalue weighted by Gasteiger charge is -2.39. The molecule has 0 aromatic heterocycles. The van der Waals surface area contributed by atoms with Gasteiger partial charge in [-0.2, -0.15) is 0 Å². The Labute approximate surface area is 128 Å². The van der Waals surface area contributed by atoms with E-state index in [1.807, 2.05) is 0 Å². The molecule has 1 aromatic carbocycles. The molecule has 0 spiro atoms. The molecule has 1 fully saturated rings. The van der Waals surface area contributed by atoms with Crippen LogP contribution in [0.15, 0.2) is 24.3 Å². The Balaban J connectivity index is 1.65. The van der Waals surface area contributed by atoms with Gasteiger partial charge in [0.2, 0.25) is 0 Å². The van der Waals surface area contributed by atoms with Gasteiger partial charge in [-0.05, 0) is 45.8 Å². The zero-order chi connectivity index (χ0) is 14.8. The van der Waals surface area contributed by atoms with Gasteiger partial charge in [0.15, 0.2) is 0 Å². The second-order valence-corrected chi connectivity index (χ2v) is 6.87. The van der Waals surface area contributed by atoms with Crippen LogP contribution in [-0.4, -0.2) is 36.7 Å². The van der Waals surface area contributed by atoms with Crippen molar-refractivity contribution in [2.45, 2.75) is 51.7 Å². The van der Waals surface area contributed by atoms with Gasteiger partial charge in [-0.3, -0.25) is 0 Å². The number of piperidine rings is 1. The average molecular weight is 288 g/mol. The van der Waals surface area contributed by atoms with Gasteiger partial charge in [0, 0.05) is 29.6 Å². The van der Waals surface area contributed by atoms with Gasteiger partial charge in [-0.1, -0.05) is 25.1 Å². The number of rotatable bonds is 3. The van der Waals surface area contributed by atoms with Crippen LogP contribution in [0.4, 0.5) is 0 Å². The Kier molecular flexibility index (Phi) is 4.51. The standard InChI is InChI=1S/C18H28N2O/c1-13(2)20-10-8-15(9-11-20)19-18-14(3)12-21-17-7-5-4-6-16(17)18/h4-7,13-15,18-19H,8-12H2,1-3H3. The molecular weight excluding hydrogens is 260 g/mol. The SMILES string of the molecule is CC1COc2ccccc2C1NC1CCN(C(C)C)CC1. The van der Waals surface area contributed by atoms with Crippen LogP contribution in [0.25, 0.3) is 0 Å². The van der Waals surface area contributed by atoms with E-state index in [9.17, 15) is 0 Å². The molecular formula is C18H28N2O. The van der Waals surface area contributed by atoms with Crippen LogP contribution >= 0.6 is 0 Å². The van der Waals surface area contributed by atoms with Crippen molar-refractivity contribution >= 4 is 0 Å². The summed E-state index contributed by atoms with van der Waals surface area (Å²) in [6, 6.07) is 10.2. The third kappa shape index (κ3) is 3.24. The van der Waals surface area contributed by atoms with Gasteiger partial charge in [0.25, 0.3) is 0 Å². The highest BCUT2D eigenvalue weighted by atomic mass is 16.5. The van der Waals surface area contributed by atoms with E-state index in [1.54, 1.807) is 0 Å². The number of ether oxygens (including phenoxy) is 1. The van der Waals surface area contributed by atoms with Gasteiger partial charge in [-0.15, -0.1) is 0 Å². The minimum atomic E-state index is 0.436. The summed E-state index contributed by atoms with van der Waals surface area (Å²) in [5.74, 6) is 1.59. The van der Waals surface area contributed by atoms with Crippen LogP contribution in [0.5, 0.6) is 5.75 Å². The zero-order valence-corrected chi connectivity index (χ0v) is 13.5. The predicted octanol–water partition coefficient (Wildman–Crippen LogP) is 3.22. The van der Waals surface area contributed by atoms with Crippen molar-refractivity contribution < 1.29 is 4.74 Å². The fourth-order valence-electron chi connectivity index (χ4n) is 3.58. The van der Waals surface area contributed by atoms with Gasteiger partial charge in [0.05, 0.1) is 6.61 Å². The molecule has 0 radical (unpaired) electrons. The van der Waals surface area contributed by atoms with Crippen molar-refractivity contribution in [3.05, 3.63) is 29.8 Å². The molecule has 3 heteroatoms. The smallest absolute Gasteiger partial charge is 0.124 e. The van der Waals surface area contributed by atoms with E-state index in [1.165, 1.54) is 31.5 Å². The Bertz CT molecular complexity index is 466. The molecule has 3 nitrogen and oxygen atoms in total. The van der Waals surface area contributed by atoms with Crippen molar-refractivity contribution in [3.8, 4) is 5.75 Å². The maximum atomic E-state index is 5.86. The molecule has 3 rings (SSSR count). The molecule has 116 valence electrons. The molecule has 0 saturated carbocycles. The second-order valence-electron chi connectivity index (χ2n) is 6.87. The first-order valence-corrected chi connectivity index (χ1v) is 8.37. The van der Waals surface area contributed by atoms with Crippen molar-refractivity contribution in [1.29, 1.82) is 0 Å². The molecule has 0 bridgehead atoms. The Morgan fingerprint density at radius 2 is 1.90 bits per heavy atom. The Morgan fingerprint density at radius 1 is 1.19 bits per heavy atom. The summed E-state index contributed by atoms with van der Waals surface area (Å²) in [4.78, 5) is 2.58. The molecule has 2 atom stereocenters. The third-order valence-corrected chi connectivity index (χ3v) is 5.00. The van der Waals surface area contributed by atoms with Gasteiger partial charge in [-0.25, -0.2) is 0 Å². The number of fused-ring (bicyclic) bond motifs is 1. The van der Waals surface area contributed by atoms with E-state index in [2.05, 4.69) is 55.3 Å². The summed E-state index contributed by atoms with van der Waals surface area (Å²) in [5.41, 5.74) is 1.34. The van der Waals surface area contributed by atoms with Crippen LogP contribution in [0.3, 0.4) is 0 Å². The molecule has 1 saturated heterocycles. The molecule has 2 aliphatic rings. The zero-order valence-electron chi connectivity index (χ0n) is 13.5. The minimum Gasteiger partial charge on any atom is -0.493 e. The van der Waals surface area contributed by atoms with E-state index in [0.717, 1.165) is 12.4 Å². The highest BCUT2D eigenvalue weighted by Gasteiger charge is 2.30. The maximum Gasteiger partial charge on any atom is 0.124 e. The Hall–Kier alpha value is -1.06. The minimum absolute atomic E-state index is 0.436. The van der Waals surface area contributed by atoms with Crippen molar-refractivity contribution in [2.24, 2.45) is 5.92 Å². The first-order valence-electron chi connectivity index (χ1n) is 8.37. The van der Waals surface area contributed by atoms with Crippen LogP contribution in [0.1, 0.15) is 45.2 Å². The van der Waals surface area contributed by atoms with E-state index in [0.29, 0.717) is 24.0 Å². The lowest BCUT2D eigenvalue weighted by molar-refractivity contribution is 0.134. The summed E-state index contributed by atoms with van der Waals surface area (Å²) < 4.78 is 5.86. The normalized spacial score (nSPS) is 27.4. The van der Waals surface area contributed by atoms with Gasteiger partial charge >= 0.3 is 0 Å². The maximum absolute atomic E-state index is 5.86. The summed E-state index contributed by atoms with van der Waals surface area (Å²) >= 11 is 0. The largest absolute Gasteiger partial charge is 0.493 e. The first-order chi connectivity index (χ1) is 10.1. The van der Waals surface area contributed by atoms with Gasteiger partial charge in [0.1, 0.15) is 5.75 Å². The summed E-state index contributed by atoms with van der Waals surface area (Å²) in [6.07, 6.45) is 2.51. The van der Waals surface area contributed by atoms with Crippen molar-refractivity contribution in [2.75, 3.05) is 19.7 Å². The summed E-state index contributed by atoms with van der Waals surface area (Å²) in [7, 11) is 0. The molecule has 2 heterocycles. The van der Waals surface area contributed by atoms with Crippen LogP contribution in [0, 0.1) is 5.92 Å². The summed E-state index contributed by atoms with van der Waals surface area (Å²) in [6.45, 7) is 10.1. The van der Waals surface area contributed by atoms with Gasteiger partial charge < -0.3 is 15.0 Å². The number of hydrogen-bond donors (Lipinski definition) is 1.